The van der Waals surface area contributed by atoms with Gasteiger partial charge in [0.2, 0.25) is 0 Å². The molecule has 0 saturated heterocycles. The predicted molar refractivity (Wildman–Crippen MR) is 96.3 cm³/mol. The van der Waals surface area contributed by atoms with Crippen LogP contribution < -0.4 is 5.32 Å². The van der Waals surface area contributed by atoms with Gasteiger partial charge in [-0.25, -0.2) is 9.18 Å². The standard InChI is InChI=1S/C21H24FNO2/c22-19-6-4-5-18(13-19)21(11-2-1-3-12-21)15-23-14-16-7-9-17(10-8-16)20(24)25/h4-10,13,23H,1-3,11-12,14-15H2,(H,24,25). The Bertz CT molecular complexity index is 721. The fraction of sp³-hybridized carbons (Fsp3) is 0.381. The number of hydrogen-bond donors (Lipinski definition) is 2. The van der Waals surface area contributed by atoms with Crippen molar-refractivity contribution in [3.63, 3.8) is 0 Å². The fourth-order valence-electron chi connectivity index (χ4n) is 3.83. The van der Waals surface area contributed by atoms with Crippen LogP contribution in [-0.4, -0.2) is 17.6 Å². The minimum atomic E-state index is -0.910. The number of rotatable bonds is 6. The van der Waals surface area contributed by atoms with Gasteiger partial charge in [-0.05, 0) is 48.2 Å². The highest BCUT2D eigenvalue weighted by Gasteiger charge is 2.33. The van der Waals surface area contributed by atoms with E-state index in [2.05, 4.69) is 5.32 Å². The van der Waals surface area contributed by atoms with Crippen LogP contribution in [0.2, 0.25) is 0 Å². The van der Waals surface area contributed by atoms with Crippen LogP contribution in [0.1, 0.15) is 53.6 Å². The summed E-state index contributed by atoms with van der Waals surface area (Å²) in [7, 11) is 0. The third-order valence-electron chi connectivity index (χ3n) is 5.24. The highest BCUT2D eigenvalue weighted by Crippen LogP contribution is 2.39. The molecule has 0 atom stereocenters. The van der Waals surface area contributed by atoms with Gasteiger partial charge in [0.1, 0.15) is 5.82 Å². The van der Waals surface area contributed by atoms with Crippen LogP contribution in [0, 0.1) is 5.82 Å². The SMILES string of the molecule is O=C(O)c1ccc(CNCC2(c3cccc(F)c3)CCCCC2)cc1. The van der Waals surface area contributed by atoms with E-state index in [-0.39, 0.29) is 11.2 Å². The highest BCUT2D eigenvalue weighted by molar-refractivity contribution is 5.87. The first-order valence-corrected chi connectivity index (χ1v) is 8.88. The summed E-state index contributed by atoms with van der Waals surface area (Å²) in [6.07, 6.45) is 5.73. The Labute approximate surface area is 147 Å². The Morgan fingerprint density at radius 2 is 1.80 bits per heavy atom. The van der Waals surface area contributed by atoms with E-state index in [0.717, 1.165) is 30.5 Å². The smallest absolute Gasteiger partial charge is 0.335 e. The van der Waals surface area contributed by atoms with Gasteiger partial charge in [-0.1, -0.05) is 43.5 Å². The zero-order valence-electron chi connectivity index (χ0n) is 14.3. The number of carbonyl (C=O) groups is 1. The molecule has 0 heterocycles. The Morgan fingerprint density at radius 1 is 1.08 bits per heavy atom. The van der Waals surface area contributed by atoms with Crippen molar-refractivity contribution in [3.05, 3.63) is 71.0 Å². The normalized spacial score (nSPS) is 16.5. The van der Waals surface area contributed by atoms with E-state index in [4.69, 9.17) is 5.11 Å². The summed E-state index contributed by atoms with van der Waals surface area (Å²) in [4.78, 5) is 10.9. The molecule has 0 aromatic heterocycles. The summed E-state index contributed by atoms with van der Waals surface area (Å²) in [6.45, 7) is 1.48. The molecule has 0 bridgehead atoms. The molecule has 0 unspecified atom stereocenters. The molecule has 0 aliphatic heterocycles. The maximum absolute atomic E-state index is 13.7. The molecule has 1 aliphatic carbocycles. The van der Waals surface area contributed by atoms with Crippen molar-refractivity contribution < 1.29 is 14.3 Å². The van der Waals surface area contributed by atoms with Gasteiger partial charge in [0, 0.05) is 18.5 Å². The summed E-state index contributed by atoms with van der Waals surface area (Å²) < 4.78 is 13.7. The van der Waals surface area contributed by atoms with Gasteiger partial charge in [-0.15, -0.1) is 0 Å². The lowest BCUT2D eigenvalue weighted by atomic mass is 9.69. The van der Waals surface area contributed by atoms with Crippen molar-refractivity contribution in [1.29, 1.82) is 0 Å². The Kier molecular flexibility index (Phi) is 5.49. The Morgan fingerprint density at radius 3 is 2.44 bits per heavy atom. The van der Waals surface area contributed by atoms with Crippen molar-refractivity contribution in [1.82, 2.24) is 5.32 Å². The van der Waals surface area contributed by atoms with Gasteiger partial charge in [-0.3, -0.25) is 0 Å². The molecule has 2 N–H and O–H groups in total. The lowest BCUT2D eigenvalue weighted by molar-refractivity contribution is 0.0697. The van der Waals surface area contributed by atoms with Crippen molar-refractivity contribution in [2.75, 3.05) is 6.54 Å². The average Bonchev–Trinajstić information content (AvgIpc) is 2.63. The van der Waals surface area contributed by atoms with E-state index in [1.54, 1.807) is 24.3 Å². The van der Waals surface area contributed by atoms with E-state index >= 15 is 0 Å². The maximum atomic E-state index is 13.7. The summed E-state index contributed by atoms with van der Waals surface area (Å²) >= 11 is 0. The molecular formula is C21H24FNO2. The number of nitrogens with one attached hydrogen (secondary N) is 1. The molecule has 132 valence electrons. The minimum Gasteiger partial charge on any atom is -0.478 e. The van der Waals surface area contributed by atoms with Crippen molar-refractivity contribution in [2.24, 2.45) is 0 Å². The molecular weight excluding hydrogens is 317 g/mol. The largest absolute Gasteiger partial charge is 0.478 e. The second-order valence-corrected chi connectivity index (χ2v) is 6.96. The summed E-state index contributed by atoms with van der Waals surface area (Å²) in [5.41, 5.74) is 2.42. The average molecular weight is 341 g/mol. The van der Waals surface area contributed by atoms with Gasteiger partial charge in [0.15, 0.2) is 0 Å². The van der Waals surface area contributed by atoms with Gasteiger partial charge in [0.05, 0.1) is 5.56 Å². The maximum Gasteiger partial charge on any atom is 0.335 e. The summed E-state index contributed by atoms with van der Waals surface area (Å²) in [6, 6.07) is 13.9. The van der Waals surface area contributed by atoms with Crippen LogP contribution in [-0.2, 0) is 12.0 Å². The molecule has 1 fully saturated rings. The molecule has 3 nitrogen and oxygen atoms in total. The second-order valence-electron chi connectivity index (χ2n) is 6.96. The van der Waals surface area contributed by atoms with E-state index in [1.165, 1.54) is 25.3 Å². The molecule has 1 aliphatic rings. The zero-order chi connectivity index (χ0) is 17.7. The molecule has 25 heavy (non-hydrogen) atoms. The van der Waals surface area contributed by atoms with Crippen LogP contribution in [0.25, 0.3) is 0 Å². The monoisotopic (exact) mass is 341 g/mol. The first-order valence-electron chi connectivity index (χ1n) is 8.88. The van der Waals surface area contributed by atoms with E-state index in [9.17, 15) is 9.18 Å². The number of hydrogen-bond acceptors (Lipinski definition) is 2. The second kappa shape index (κ2) is 7.79. The quantitative estimate of drug-likeness (QED) is 0.812. The van der Waals surface area contributed by atoms with Crippen LogP contribution in [0.4, 0.5) is 4.39 Å². The zero-order valence-corrected chi connectivity index (χ0v) is 14.3. The topological polar surface area (TPSA) is 49.3 Å². The van der Waals surface area contributed by atoms with Gasteiger partial charge >= 0.3 is 5.97 Å². The van der Waals surface area contributed by atoms with Crippen molar-refractivity contribution in [3.8, 4) is 0 Å². The van der Waals surface area contributed by atoms with Crippen LogP contribution in [0.5, 0.6) is 0 Å². The molecule has 3 rings (SSSR count). The third kappa shape index (κ3) is 4.26. The minimum absolute atomic E-state index is 0.0125. The number of carboxylic acid groups (broad SMARTS) is 1. The van der Waals surface area contributed by atoms with Crippen LogP contribution in [0.15, 0.2) is 48.5 Å². The van der Waals surface area contributed by atoms with Crippen LogP contribution in [0.3, 0.4) is 0 Å². The Balaban J connectivity index is 1.68. The first kappa shape index (κ1) is 17.6. The first-order chi connectivity index (χ1) is 12.1. The van der Waals surface area contributed by atoms with E-state index < -0.39 is 5.97 Å². The van der Waals surface area contributed by atoms with Gasteiger partial charge in [0.25, 0.3) is 0 Å². The summed E-state index contributed by atoms with van der Waals surface area (Å²) in [5.74, 6) is -1.08. The van der Waals surface area contributed by atoms with E-state index in [0.29, 0.717) is 12.1 Å². The molecule has 2 aromatic rings. The van der Waals surface area contributed by atoms with Crippen LogP contribution >= 0.6 is 0 Å². The number of carboxylic acids is 1. The van der Waals surface area contributed by atoms with E-state index in [1.807, 2.05) is 18.2 Å². The predicted octanol–water partition coefficient (Wildman–Crippen LogP) is 4.52. The fourth-order valence-corrected chi connectivity index (χ4v) is 3.83. The van der Waals surface area contributed by atoms with Gasteiger partial charge in [-0.2, -0.15) is 0 Å². The number of halogens is 1. The number of benzene rings is 2. The molecule has 1 saturated carbocycles. The lowest BCUT2D eigenvalue weighted by Gasteiger charge is -2.38. The molecule has 4 heteroatoms. The molecule has 0 amide bonds. The third-order valence-corrected chi connectivity index (χ3v) is 5.24. The van der Waals surface area contributed by atoms with Crippen molar-refractivity contribution in [2.45, 2.75) is 44.1 Å². The Hall–Kier alpha value is -2.20. The van der Waals surface area contributed by atoms with Gasteiger partial charge < -0.3 is 10.4 Å². The van der Waals surface area contributed by atoms with Crippen molar-refractivity contribution >= 4 is 5.97 Å². The molecule has 0 spiro atoms. The lowest BCUT2D eigenvalue weighted by Crippen LogP contribution is -2.39. The molecule has 2 aromatic carbocycles. The highest BCUT2D eigenvalue weighted by atomic mass is 19.1. The molecule has 0 radical (unpaired) electrons. The number of aromatic carboxylic acids is 1. The summed E-state index contributed by atoms with van der Waals surface area (Å²) in [5, 5.41) is 12.5.